The van der Waals surface area contributed by atoms with Crippen molar-refractivity contribution >= 4 is 11.7 Å². The second-order valence-corrected chi connectivity index (χ2v) is 5.07. The lowest BCUT2D eigenvalue weighted by atomic mass is 9.93. The van der Waals surface area contributed by atoms with E-state index < -0.39 is 0 Å². The first-order chi connectivity index (χ1) is 9.67. The van der Waals surface area contributed by atoms with Crippen molar-refractivity contribution in [3.05, 3.63) is 24.3 Å². The van der Waals surface area contributed by atoms with Crippen LogP contribution in [0.25, 0.3) is 0 Å². The summed E-state index contributed by atoms with van der Waals surface area (Å²) in [6.45, 7) is 2.55. The number of carbonyl (C=O) groups excluding carboxylic acids is 1. The van der Waals surface area contributed by atoms with Crippen molar-refractivity contribution in [3.63, 3.8) is 0 Å². The first-order valence-electron chi connectivity index (χ1n) is 7.16. The average molecular weight is 278 g/mol. The number of hydrogen-bond donors (Lipinski definition) is 3. The normalized spacial score (nSPS) is 22.1. The van der Waals surface area contributed by atoms with Crippen molar-refractivity contribution in [2.24, 2.45) is 0 Å². The molecule has 0 saturated heterocycles. The average Bonchev–Trinajstić information content (AvgIpc) is 2.41. The summed E-state index contributed by atoms with van der Waals surface area (Å²) in [4.78, 5) is 11.9. The molecule has 2 rings (SSSR count). The number of nitrogens with one attached hydrogen (secondary N) is 2. The van der Waals surface area contributed by atoms with E-state index in [0.717, 1.165) is 30.7 Å². The van der Waals surface area contributed by atoms with Crippen molar-refractivity contribution in [2.45, 2.75) is 44.8 Å². The summed E-state index contributed by atoms with van der Waals surface area (Å²) in [5.41, 5.74) is 0.724. The SMILES string of the molecule is CCOc1ccc(NC(=O)N[C@@H]2CCC[C@H](O)C2)cc1. The number of anilines is 1. The Morgan fingerprint density at radius 1 is 1.35 bits per heavy atom. The van der Waals surface area contributed by atoms with Crippen LogP contribution < -0.4 is 15.4 Å². The molecule has 1 fully saturated rings. The molecule has 1 aromatic rings. The maximum absolute atomic E-state index is 11.9. The molecule has 0 aliphatic heterocycles. The number of hydrogen-bond acceptors (Lipinski definition) is 3. The predicted molar refractivity (Wildman–Crippen MR) is 78.0 cm³/mol. The summed E-state index contributed by atoms with van der Waals surface area (Å²) in [6.07, 6.45) is 3.05. The molecule has 0 aromatic heterocycles. The zero-order valence-electron chi connectivity index (χ0n) is 11.8. The summed E-state index contributed by atoms with van der Waals surface area (Å²) in [5, 5.41) is 15.3. The smallest absolute Gasteiger partial charge is 0.319 e. The molecular weight excluding hydrogens is 256 g/mol. The lowest BCUT2D eigenvalue weighted by Crippen LogP contribution is -2.41. The second-order valence-electron chi connectivity index (χ2n) is 5.07. The maximum atomic E-state index is 11.9. The first kappa shape index (κ1) is 14.7. The van der Waals surface area contributed by atoms with E-state index in [1.165, 1.54) is 0 Å². The molecule has 0 heterocycles. The van der Waals surface area contributed by atoms with Crippen LogP contribution >= 0.6 is 0 Å². The Kier molecular flexibility index (Phi) is 5.24. The molecule has 1 aliphatic carbocycles. The molecule has 0 unspecified atom stereocenters. The van der Waals surface area contributed by atoms with Gasteiger partial charge in [0.25, 0.3) is 0 Å². The molecule has 0 spiro atoms. The topological polar surface area (TPSA) is 70.6 Å². The molecule has 1 aromatic carbocycles. The lowest BCUT2D eigenvalue weighted by molar-refractivity contribution is 0.114. The van der Waals surface area contributed by atoms with Gasteiger partial charge in [0.2, 0.25) is 0 Å². The fraction of sp³-hybridized carbons (Fsp3) is 0.533. The summed E-state index contributed by atoms with van der Waals surface area (Å²) in [6, 6.07) is 7.09. The standard InChI is InChI=1S/C15H22N2O3/c1-2-20-14-8-6-11(7-9-14)16-15(19)17-12-4-3-5-13(18)10-12/h6-9,12-13,18H,2-5,10H2,1H3,(H2,16,17,19)/t12-,13+/m1/s1. The largest absolute Gasteiger partial charge is 0.494 e. The minimum Gasteiger partial charge on any atom is -0.494 e. The van der Waals surface area contributed by atoms with Crippen molar-refractivity contribution in [1.29, 1.82) is 0 Å². The highest BCUT2D eigenvalue weighted by atomic mass is 16.5. The van der Waals surface area contributed by atoms with E-state index in [9.17, 15) is 9.90 Å². The van der Waals surface area contributed by atoms with Gasteiger partial charge in [-0.05, 0) is 56.9 Å². The summed E-state index contributed by atoms with van der Waals surface area (Å²) >= 11 is 0. The lowest BCUT2D eigenvalue weighted by Gasteiger charge is -2.26. The number of urea groups is 1. The van der Waals surface area contributed by atoms with Crippen LogP contribution in [-0.2, 0) is 0 Å². The number of rotatable bonds is 4. The highest BCUT2D eigenvalue weighted by molar-refractivity contribution is 5.89. The maximum Gasteiger partial charge on any atom is 0.319 e. The first-order valence-corrected chi connectivity index (χ1v) is 7.16. The van der Waals surface area contributed by atoms with Crippen LogP contribution in [0.15, 0.2) is 24.3 Å². The number of aliphatic hydroxyl groups excluding tert-OH is 1. The quantitative estimate of drug-likeness (QED) is 0.792. The van der Waals surface area contributed by atoms with Gasteiger partial charge < -0.3 is 20.5 Å². The van der Waals surface area contributed by atoms with E-state index in [4.69, 9.17) is 4.74 Å². The molecule has 0 bridgehead atoms. The minimum absolute atomic E-state index is 0.0569. The van der Waals surface area contributed by atoms with Crippen LogP contribution in [0.2, 0.25) is 0 Å². The molecule has 20 heavy (non-hydrogen) atoms. The van der Waals surface area contributed by atoms with E-state index in [1.54, 1.807) is 12.1 Å². The number of aliphatic hydroxyl groups is 1. The molecule has 1 saturated carbocycles. The van der Waals surface area contributed by atoms with Crippen LogP contribution in [0.1, 0.15) is 32.6 Å². The van der Waals surface area contributed by atoms with E-state index in [-0.39, 0.29) is 18.2 Å². The molecule has 0 radical (unpaired) electrons. The Hall–Kier alpha value is -1.75. The summed E-state index contributed by atoms with van der Waals surface area (Å²) in [7, 11) is 0. The molecule has 110 valence electrons. The number of benzene rings is 1. The third-order valence-corrected chi connectivity index (χ3v) is 3.40. The van der Waals surface area contributed by atoms with Gasteiger partial charge in [0.05, 0.1) is 12.7 Å². The van der Waals surface area contributed by atoms with Gasteiger partial charge in [0.1, 0.15) is 5.75 Å². The Balaban J connectivity index is 1.81. The Morgan fingerprint density at radius 3 is 2.75 bits per heavy atom. The molecule has 5 heteroatoms. The van der Waals surface area contributed by atoms with E-state index in [0.29, 0.717) is 13.0 Å². The molecule has 3 N–H and O–H groups in total. The van der Waals surface area contributed by atoms with Crippen molar-refractivity contribution in [2.75, 3.05) is 11.9 Å². The van der Waals surface area contributed by atoms with E-state index >= 15 is 0 Å². The van der Waals surface area contributed by atoms with Gasteiger partial charge in [0, 0.05) is 11.7 Å². The van der Waals surface area contributed by atoms with Crippen LogP contribution in [0.3, 0.4) is 0 Å². The van der Waals surface area contributed by atoms with Crippen molar-refractivity contribution < 1.29 is 14.6 Å². The summed E-state index contributed by atoms with van der Waals surface area (Å²) in [5.74, 6) is 0.786. The zero-order chi connectivity index (χ0) is 14.4. The minimum atomic E-state index is -0.292. The third-order valence-electron chi connectivity index (χ3n) is 3.40. The van der Waals surface area contributed by atoms with E-state index in [1.807, 2.05) is 19.1 Å². The van der Waals surface area contributed by atoms with Gasteiger partial charge in [-0.2, -0.15) is 0 Å². The molecule has 2 atom stereocenters. The third kappa shape index (κ3) is 4.42. The van der Waals surface area contributed by atoms with Gasteiger partial charge in [0.15, 0.2) is 0 Å². The molecule has 1 aliphatic rings. The monoisotopic (exact) mass is 278 g/mol. The Labute approximate surface area is 119 Å². The zero-order valence-corrected chi connectivity index (χ0v) is 11.8. The molecule has 5 nitrogen and oxygen atoms in total. The Bertz CT molecular complexity index is 433. The van der Waals surface area contributed by atoms with Gasteiger partial charge >= 0.3 is 6.03 Å². The molecular formula is C15H22N2O3. The van der Waals surface area contributed by atoms with Gasteiger partial charge in [-0.1, -0.05) is 0 Å². The highest BCUT2D eigenvalue weighted by Gasteiger charge is 2.21. The fourth-order valence-electron chi connectivity index (χ4n) is 2.45. The fourth-order valence-corrected chi connectivity index (χ4v) is 2.45. The number of amides is 2. The van der Waals surface area contributed by atoms with Crippen LogP contribution in [0, 0.1) is 0 Å². The molecule has 2 amide bonds. The van der Waals surface area contributed by atoms with Gasteiger partial charge in [-0.25, -0.2) is 4.79 Å². The predicted octanol–water partition coefficient (Wildman–Crippen LogP) is 2.51. The van der Waals surface area contributed by atoms with Crippen molar-refractivity contribution in [3.8, 4) is 5.75 Å². The van der Waals surface area contributed by atoms with Crippen LogP contribution in [0.5, 0.6) is 5.75 Å². The van der Waals surface area contributed by atoms with Crippen molar-refractivity contribution in [1.82, 2.24) is 5.32 Å². The van der Waals surface area contributed by atoms with Crippen LogP contribution in [0.4, 0.5) is 10.5 Å². The van der Waals surface area contributed by atoms with Gasteiger partial charge in [-0.3, -0.25) is 0 Å². The number of ether oxygens (including phenoxy) is 1. The van der Waals surface area contributed by atoms with E-state index in [2.05, 4.69) is 10.6 Å². The van der Waals surface area contributed by atoms with Crippen LogP contribution in [-0.4, -0.2) is 29.9 Å². The number of carbonyl (C=O) groups is 1. The summed E-state index contributed by atoms with van der Waals surface area (Å²) < 4.78 is 5.34. The Morgan fingerprint density at radius 2 is 2.10 bits per heavy atom. The highest BCUT2D eigenvalue weighted by Crippen LogP contribution is 2.19. The van der Waals surface area contributed by atoms with Gasteiger partial charge in [-0.15, -0.1) is 0 Å². The second kappa shape index (κ2) is 7.14.